The molecule has 0 fully saturated rings. The zero-order valence-electron chi connectivity index (χ0n) is 20.0. The lowest BCUT2D eigenvalue weighted by Gasteiger charge is -2.14. The van der Waals surface area contributed by atoms with Gasteiger partial charge in [0, 0.05) is 53.8 Å². The number of amides is 3. The van der Waals surface area contributed by atoms with Gasteiger partial charge in [-0.3, -0.25) is 24.6 Å². The smallest absolute Gasteiger partial charge is 0.267 e. The van der Waals surface area contributed by atoms with Crippen LogP contribution >= 0.6 is 0 Å². The van der Waals surface area contributed by atoms with Crippen LogP contribution in [0.1, 0.15) is 27.2 Å². The molecule has 1 aromatic heterocycles. The molecular formula is C27H28N6O4. The number of anilines is 1. The van der Waals surface area contributed by atoms with E-state index in [1.807, 2.05) is 18.2 Å². The van der Waals surface area contributed by atoms with Crippen molar-refractivity contribution in [3.8, 4) is 11.8 Å². The van der Waals surface area contributed by atoms with Gasteiger partial charge in [0.15, 0.2) is 0 Å². The van der Waals surface area contributed by atoms with Gasteiger partial charge in [0.05, 0.1) is 6.54 Å². The lowest BCUT2D eigenvalue weighted by Crippen LogP contribution is -2.50. The predicted molar refractivity (Wildman–Crippen MR) is 139 cm³/mol. The molecule has 10 heteroatoms. The Morgan fingerprint density at radius 1 is 0.946 bits per heavy atom. The summed E-state index contributed by atoms with van der Waals surface area (Å²) in [6, 6.07) is 18.4. The largest absolute Gasteiger partial charge is 0.339 e. The van der Waals surface area contributed by atoms with Crippen LogP contribution in [-0.4, -0.2) is 53.6 Å². The number of pyridine rings is 1. The number of hydroxylamine groups is 1. The summed E-state index contributed by atoms with van der Waals surface area (Å²) in [6.07, 6.45) is 2.49. The van der Waals surface area contributed by atoms with Crippen molar-refractivity contribution in [2.45, 2.75) is 12.5 Å². The van der Waals surface area contributed by atoms with Crippen LogP contribution in [-0.2, 0) is 16.0 Å². The Labute approximate surface area is 214 Å². The molecule has 37 heavy (non-hydrogen) atoms. The maximum Gasteiger partial charge on any atom is 0.267 e. The topological polar surface area (TPSA) is 158 Å². The predicted octanol–water partition coefficient (Wildman–Crippen LogP) is 0.815. The highest BCUT2D eigenvalue weighted by Crippen LogP contribution is 2.09. The molecule has 0 bridgehead atoms. The van der Waals surface area contributed by atoms with Crippen molar-refractivity contribution in [1.82, 2.24) is 21.1 Å². The highest BCUT2D eigenvalue weighted by atomic mass is 16.5. The second-order valence-corrected chi connectivity index (χ2v) is 7.94. The van der Waals surface area contributed by atoms with Gasteiger partial charge in [-0.05, 0) is 60.7 Å². The van der Waals surface area contributed by atoms with E-state index >= 15 is 0 Å². The van der Waals surface area contributed by atoms with Crippen LogP contribution in [0.3, 0.4) is 0 Å². The van der Waals surface area contributed by atoms with Gasteiger partial charge in [0.1, 0.15) is 6.04 Å². The summed E-state index contributed by atoms with van der Waals surface area (Å²) in [7, 11) is 0. The Bertz CT molecular complexity index is 1250. The molecule has 0 unspecified atom stereocenters. The number of carbonyl (C=O) groups excluding carboxylic acids is 3. The first-order chi connectivity index (χ1) is 18.0. The summed E-state index contributed by atoms with van der Waals surface area (Å²) in [5, 5.41) is 17.1. The van der Waals surface area contributed by atoms with Gasteiger partial charge in [-0.15, -0.1) is 0 Å². The highest BCUT2D eigenvalue weighted by molar-refractivity contribution is 5.97. The second-order valence-electron chi connectivity index (χ2n) is 7.94. The lowest BCUT2D eigenvalue weighted by molar-refractivity contribution is -0.130. The first kappa shape index (κ1) is 27.0. The van der Waals surface area contributed by atoms with E-state index in [1.165, 1.54) is 5.48 Å². The molecule has 3 rings (SSSR count). The minimum Gasteiger partial charge on any atom is -0.339 e. The van der Waals surface area contributed by atoms with Crippen molar-refractivity contribution in [3.05, 3.63) is 95.3 Å². The van der Waals surface area contributed by atoms with E-state index in [9.17, 15) is 14.4 Å². The first-order valence-corrected chi connectivity index (χ1v) is 11.6. The van der Waals surface area contributed by atoms with Crippen molar-refractivity contribution in [2.24, 2.45) is 5.73 Å². The van der Waals surface area contributed by atoms with Crippen LogP contribution in [0.2, 0.25) is 0 Å². The molecule has 7 N–H and O–H groups in total. The van der Waals surface area contributed by atoms with E-state index < -0.39 is 17.9 Å². The van der Waals surface area contributed by atoms with Crippen molar-refractivity contribution in [3.63, 3.8) is 0 Å². The summed E-state index contributed by atoms with van der Waals surface area (Å²) in [5.74, 6) is 4.61. The molecule has 3 amide bonds. The van der Waals surface area contributed by atoms with E-state index in [4.69, 9.17) is 10.9 Å². The van der Waals surface area contributed by atoms with Gasteiger partial charge >= 0.3 is 0 Å². The number of nitrogens with one attached hydrogen (secondary N) is 4. The fourth-order valence-electron chi connectivity index (χ4n) is 3.21. The first-order valence-electron chi connectivity index (χ1n) is 11.6. The van der Waals surface area contributed by atoms with Gasteiger partial charge in [0.25, 0.3) is 11.8 Å². The SMILES string of the molecule is NC[C@H](NC(=O)c1ccc(C#Cc2ccc(NC(=O)CNCCc3ccccn3)cc2)cc1)C(=O)NO. The third-order valence-corrected chi connectivity index (χ3v) is 5.20. The normalized spacial score (nSPS) is 11.0. The van der Waals surface area contributed by atoms with Gasteiger partial charge in [-0.2, -0.15) is 0 Å². The maximum atomic E-state index is 12.3. The van der Waals surface area contributed by atoms with E-state index in [-0.39, 0.29) is 19.0 Å². The van der Waals surface area contributed by atoms with Crippen molar-refractivity contribution in [2.75, 3.05) is 25.0 Å². The highest BCUT2D eigenvalue weighted by Gasteiger charge is 2.19. The van der Waals surface area contributed by atoms with Crippen LogP contribution < -0.4 is 27.2 Å². The zero-order chi connectivity index (χ0) is 26.5. The van der Waals surface area contributed by atoms with Crippen LogP contribution in [0.15, 0.2) is 72.9 Å². The van der Waals surface area contributed by atoms with Crippen LogP contribution in [0, 0.1) is 11.8 Å². The van der Waals surface area contributed by atoms with E-state index in [1.54, 1.807) is 54.7 Å². The number of nitrogens with zero attached hydrogens (tertiary/aromatic N) is 1. The van der Waals surface area contributed by atoms with Crippen LogP contribution in [0.25, 0.3) is 0 Å². The van der Waals surface area contributed by atoms with E-state index in [0.717, 1.165) is 17.7 Å². The number of hydrogen-bond donors (Lipinski definition) is 6. The number of carbonyl (C=O) groups is 3. The van der Waals surface area contributed by atoms with Crippen LogP contribution in [0.5, 0.6) is 0 Å². The Balaban J connectivity index is 1.46. The van der Waals surface area contributed by atoms with Crippen molar-refractivity contribution in [1.29, 1.82) is 0 Å². The summed E-state index contributed by atoms with van der Waals surface area (Å²) in [4.78, 5) is 40.1. The van der Waals surface area contributed by atoms with Gasteiger partial charge < -0.3 is 21.7 Å². The third kappa shape index (κ3) is 8.87. The molecule has 1 atom stereocenters. The molecular weight excluding hydrogens is 472 g/mol. The maximum absolute atomic E-state index is 12.3. The summed E-state index contributed by atoms with van der Waals surface area (Å²) >= 11 is 0. The molecule has 0 aliphatic rings. The molecule has 0 aliphatic carbocycles. The molecule has 3 aromatic rings. The van der Waals surface area contributed by atoms with Crippen molar-refractivity contribution < 1.29 is 19.6 Å². The Morgan fingerprint density at radius 3 is 2.22 bits per heavy atom. The summed E-state index contributed by atoms with van der Waals surface area (Å²) < 4.78 is 0. The fraction of sp³-hybridized carbons (Fsp3) is 0.185. The molecule has 0 aliphatic heterocycles. The molecule has 0 saturated carbocycles. The standard InChI is InChI=1S/C27H28N6O4/c28-17-24(27(36)33-37)32-26(35)21-10-6-19(7-11-21)4-5-20-8-12-23(13-9-20)31-25(34)18-29-16-14-22-3-1-2-15-30-22/h1-3,6-13,15,24,29,37H,14,16-18,28H2,(H,31,34)(H,32,35)(H,33,36)/t24-/m0/s1. The molecule has 10 nitrogen and oxygen atoms in total. The Morgan fingerprint density at radius 2 is 1.62 bits per heavy atom. The second kappa shape index (κ2) is 14.1. The fourth-order valence-corrected chi connectivity index (χ4v) is 3.21. The quantitative estimate of drug-likeness (QED) is 0.104. The number of benzene rings is 2. The third-order valence-electron chi connectivity index (χ3n) is 5.20. The average molecular weight is 501 g/mol. The van der Waals surface area contributed by atoms with E-state index in [0.29, 0.717) is 23.4 Å². The molecule has 0 saturated heterocycles. The molecule has 0 spiro atoms. The molecule has 190 valence electrons. The van der Waals surface area contributed by atoms with Gasteiger partial charge in [-0.1, -0.05) is 17.9 Å². The molecule has 0 radical (unpaired) electrons. The average Bonchev–Trinajstić information content (AvgIpc) is 2.94. The number of rotatable bonds is 10. The van der Waals surface area contributed by atoms with Gasteiger partial charge in [-0.25, -0.2) is 5.48 Å². The van der Waals surface area contributed by atoms with Crippen LogP contribution in [0.4, 0.5) is 5.69 Å². The monoisotopic (exact) mass is 500 g/mol. The van der Waals surface area contributed by atoms with E-state index in [2.05, 4.69) is 32.8 Å². The number of aromatic nitrogens is 1. The molecule has 1 heterocycles. The minimum absolute atomic E-state index is 0.140. The lowest BCUT2D eigenvalue weighted by atomic mass is 10.1. The molecule has 2 aromatic carbocycles. The minimum atomic E-state index is -1.04. The Hall–Kier alpha value is -4.56. The zero-order valence-corrected chi connectivity index (χ0v) is 20.0. The van der Waals surface area contributed by atoms with Crippen molar-refractivity contribution >= 4 is 23.4 Å². The number of nitrogens with two attached hydrogens (primary N) is 1. The number of hydrogen-bond acceptors (Lipinski definition) is 7. The Kier molecular flexibility index (Phi) is 10.3. The van der Waals surface area contributed by atoms with Gasteiger partial charge in [0.2, 0.25) is 5.91 Å². The summed E-state index contributed by atoms with van der Waals surface area (Å²) in [6.45, 7) is 0.692. The summed E-state index contributed by atoms with van der Waals surface area (Å²) in [5.41, 5.74) is 10.3.